The van der Waals surface area contributed by atoms with E-state index in [4.69, 9.17) is 9.47 Å². The van der Waals surface area contributed by atoms with E-state index in [-0.39, 0.29) is 35.5 Å². The summed E-state index contributed by atoms with van der Waals surface area (Å²) in [4.78, 5) is 27.7. The molecule has 0 saturated carbocycles. The fraction of sp³-hybridized carbons (Fsp3) is 0.500. The highest BCUT2D eigenvalue weighted by atomic mass is 16.6. The summed E-state index contributed by atoms with van der Waals surface area (Å²) in [6.07, 6.45) is 0.539. The van der Waals surface area contributed by atoms with E-state index < -0.39 is 11.7 Å². The molecule has 5 heteroatoms. The van der Waals surface area contributed by atoms with Gasteiger partial charge in [0.15, 0.2) is 0 Å². The SMILES string of the molecule is CC(C)(C)OC(=O)N1C(=O)C(C2OC2C(C)(C)C)C[C@H]1Cc1ccc(-c2ccccc2)cc1. The maximum Gasteiger partial charge on any atom is 0.417 e. The number of carbonyl (C=O) groups excluding carboxylic acids is 2. The van der Waals surface area contributed by atoms with Gasteiger partial charge in [-0.05, 0) is 55.7 Å². The molecule has 2 aliphatic rings. The summed E-state index contributed by atoms with van der Waals surface area (Å²) in [6, 6.07) is 18.3. The molecule has 2 aromatic rings. The number of ether oxygens (including phenoxy) is 2. The zero-order valence-electron chi connectivity index (χ0n) is 20.5. The number of imide groups is 1. The van der Waals surface area contributed by atoms with Crippen LogP contribution in [0.2, 0.25) is 0 Å². The van der Waals surface area contributed by atoms with Crippen LogP contribution in [0.5, 0.6) is 0 Å². The van der Waals surface area contributed by atoms with E-state index in [9.17, 15) is 9.59 Å². The van der Waals surface area contributed by atoms with Crippen molar-refractivity contribution in [3.8, 4) is 11.1 Å². The fourth-order valence-electron chi connectivity index (χ4n) is 4.72. The molecule has 0 N–H and O–H groups in total. The number of rotatable bonds is 4. The Balaban J connectivity index is 1.53. The molecule has 0 radical (unpaired) electrons. The predicted molar refractivity (Wildman–Crippen MR) is 129 cm³/mol. The molecule has 0 spiro atoms. The van der Waals surface area contributed by atoms with E-state index in [1.165, 1.54) is 4.90 Å². The topological polar surface area (TPSA) is 59.1 Å². The Morgan fingerprint density at radius 3 is 2.12 bits per heavy atom. The van der Waals surface area contributed by atoms with E-state index in [0.717, 1.165) is 16.7 Å². The molecule has 2 aliphatic heterocycles. The molecule has 2 fully saturated rings. The van der Waals surface area contributed by atoms with Gasteiger partial charge in [-0.2, -0.15) is 0 Å². The van der Waals surface area contributed by atoms with Crippen LogP contribution in [-0.2, 0) is 20.7 Å². The lowest BCUT2D eigenvalue weighted by Gasteiger charge is -2.27. The largest absolute Gasteiger partial charge is 0.443 e. The minimum atomic E-state index is -0.665. The van der Waals surface area contributed by atoms with Crippen LogP contribution in [0, 0.1) is 11.3 Å². The first-order valence-corrected chi connectivity index (χ1v) is 11.8. The summed E-state index contributed by atoms with van der Waals surface area (Å²) in [5.41, 5.74) is 2.69. The van der Waals surface area contributed by atoms with Crippen LogP contribution in [0.1, 0.15) is 53.5 Å². The average molecular weight is 450 g/mol. The Morgan fingerprint density at radius 2 is 1.58 bits per heavy atom. The van der Waals surface area contributed by atoms with Gasteiger partial charge in [0.1, 0.15) is 5.60 Å². The highest BCUT2D eigenvalue weighted by Crippen LogP contribution is 2.46. The second kappa shape index (κ2) is 8.60. The monoisotopic (exact) mass is 449 g/mol. The van der Waals surface area contributed by atoms with Gasteiger partial charge in [0, 0.05) is 6.04 Å². The third kappa shape index (κ3) is 5.30. The second-order valence-corrected chi connectivity index (χ2v) is 11.3. The van der Waals surface area contributed by atoms with Crippen molar-refractivity contribution in [3.05, 3.63) is 60.2 Å². The van der Waals surface area contributed by atoms with Gasteiger partial charge in [-0.15, -0.1) is 0 Å². The molecule has 2 aromatic carbocycles. The maximum atomic E-state index is 13.4. The zero-order chi connectivity index (χ0) is 24.0. The van der Waals surface area contributed by atoms with Crippen molar-refractivity contribution in [1.29, 1.82) is 0 Å². The van der Waals surface area contributed by atoms with Gasteiger partial charge in [-0.25, -0.2) is 9.69 Å². The van der Waals surface area contributed by atoms with Gasteiger partial charge in [-0.3, -0.25) is 4.79 Å². The van der Waals surface area contributed by atoms with Gasteiger partial charge in [-0.1, -0.05) is 75.4 Å². The van der Waals surface area contributed by atoms with Gasteiger partial charge < -0.3 is 9.47 Å². The molecule has 176 valence electrons. The quantitative estimate of drug-likeness (QED) is 0.549. The van der Waals surface area contributed by atoms with Gasteiger partial charge in [0.05, 0.1) is 18.1 Å². The van der Waals surface area contributed by atoms with Crippen molar-refractivity contribution >= 4 is 12.0 Å². The number of epoxide rings is 1. The summed E-state index contributed by atoms with van der Waals surface area (Å²) in [6.45, 7) is 11.8. The number of likely N-dealkylation sites (tertiary alicyclic amines) is 1. The van der Waals surface area contributed by atoms with Crippen molar-refractivity contribution < 1.29 is 19.1 Å². The highest BCUT2D eigenvalue weighted by molar-refractivity contribution is 5.96. The van der Waals surface area contributed by atoms with Crippen LogP contribution in [0.4, 0.5) is 4.79 Å². The number of carbonyl (C=O) groups is 2. The molecule has 2 saturated heterocycles. The Bertz CT molecular complexity index is 1000. The summed E-state index contributed by atoms with van der Waals surface area (Å²) in [5, 5.41) is 0. The fourth-order valence-corrected chi connectivity index (χ4v) is 4.72. The smallest absolute Gasteiger partial charge is 0.417 e. The minimum Gasteiger partial charge on any atom is -0.443 e. The maximum absolute atomic E-state index is 13.4. The lowest BCUT2D eigenvalue weighted by molar-refractivity contribution is -0.131. The molecule has 0 aliphatic carbocycles. The first kappa shape index (κ1) is 23.5. The number of benzene rings is 2. The van der Waals surface area contributed by atoms with E-state index in [1.807, 2.05) is 39.0 Å². The Labute approximate surface area is 197 Å². The van der Waals surface area contributed by atoms with E-state index in [1.54, 1.807) is 0 Å². The Kier molecular flexibility index (Phi) is 6.12. The highest BCUT2D eigenvalue weighted by Gasteiger charge is 2.58. The summed E-state index contributed by atoms with van der Waals surface area (Å²) < 4.78 is 11.5. The van der Waals surface area contributed by atoms with Crippen LogP contribution in [0.25, 0.3) is 11.1 Å². The molecule has 4 rings (SSSR count). The minimum absolute atomic E-state index is 0.0347. The molecule has 5 nitrogen and oxygen atoms in total. The molecule has 2 heterocycles. The summed E-state index contributed by atoms with van der Waals surface area (Å²) >= 11 is 0. The second-order valence-electron chi connectivity index (χ2n) is 11.3. The van der Waals surface area contributed by atoms with Crippen LogP contribution < -0.4 is 0 Å². The number of hydrogen-bond donors (Lipinski definition) is 0. The predicted octanol–water partition coefficient (Wildman–Crippen LogP) is 5.86. The number of amides is 2. The summed E-state index contributed by atoms with van der Waals surface area (Å²) in [5.74, 6) is -0.484. The standard InChI is InChI=1S/C28H35NO4/c1-27(2,3)24-23(32-24)22-17-21(29(25(22)30)26(31)33-28(4,5)6)16-18-12-14-20(15-13-18)19-10-8-7-9-11-19/h7-15,21-24H,16-17H2,1-6H3/t21-,22?,23?,24?/m1/s1. The molecule has 0 aromatic heterocycles. The molecular formula is C28H35NO4. The molecule has 3 unspecified atom stereocenters. The summed E-state index contributed by atoms with van der Waals surface area (Å²) in [7, 11) is 0. The van der Waals surface area contributed by atoms with Crippen molar-refractivity contribution in [2.75, 3.05) is 0 Å². The van der Waals surface area contributed by atoms with Crippen LogP contribution in [0.15, 0.2) is 54.6 Å². The van der Waals surface area contributed by atoms with Crippen molar-refractivity contribution in [2.45, 2.75) is 78.2 Å². The van der Waals surface area contributed by atoms with Crippen LogP contribution in [-0.4, -0.2) is 40.8 Å². The third-order valence-corrected chi connectivity index (χ3v) is 6.34. The van der Waals surface area contributed by atoms with Crippen molar-refractivity contribution in [3.63, 3.8) is 0 Å². The molecule has 33 heavy (non-hydrogen) atoms. The Morgan fingerprint density at radius 1 is 0.970 bits per heavy atom. The third-order valence-electron chi connectivity index (χ3n) is 6.34. The lowest BCUT2D eigenvalue weighted by atomic mass is 9.85. The molecule has 4 atom stereocenters. The average Bonchev–Trinajstić information content (AvgIpc) is 3.47. The van der Waals surface area contributed by atoms with E-state index >= 15 is 0 Å². The van der Waals surface area contributed by atoms with Crippen LogP contribution in [0.3, 0.4) is 0 Å². The zero-order valence-corrected chi connectivity index (χ0v) is 20.5. The normalized spacial score (nSPS) is 25.3. The lowest BCUT2D eigenvalue weighted by Crippen LogP contribution is -2.44. The number of hydrogen-bond acceptors (Lipinski definition) is 4. The molecule has 0 bridgehead atoms. The molecule has 2 amide bonds. The van der Waals surface area contributed by atoms with Gasteiger partial charge in [0.2, 0.25) is 5.91 Å². The van der Waals surface area contributed by atoms with Crippen molar-refractivity contribution in [2.24, 2.45) is 11.3 Å². The van der Waals surface area contributed by atoms with Gasteiger partial charge >= 0.3 is 6.09 Å². The number of nitrogens with zero attached hydrogens (tertiary/aromatic N) is 1. The van der Waals surface area contributed by atoms with Crippen LogP contribution >= 0.6 is 0 Å². The van der Waals surface area contributed by atoms with E-state index in [2.05, 4.69) is 57.2 Å². The Hall–Kier alpha value is -2.66. The first-order valence-electron chi connectivity index (χ1n) is 11.8. The van der Waals surface area contributed by atoms with E-state index in [0.29, 0.717) is 12.8 Å². The van der Waals surface area contributed by atoms with Crippen molar-refractivity contribution in [1.82, 2.24) is 4.90 Å². The molecular weight excluding hydrogens is 414 g/mol. The van der Waals surface area contributed by atoms with Gasteiger partial charge in [0.25, 0.3) is 0 Å². The first-order chi connectivity index (χ1) is 15.4.